The first-order valence-electron chi connectivity index (χ1n) is 11.2. The van der Waals surface area contributed by atoms with Crippen molar-refractivity contribution in [2.75, 3.05) is 19.5 Å². The molecule has 9 heteroatoms. The lowest BCUT2D eigenvalue weighted by atomic mass is 9.92. The average Bonchev–Trinajstić information content (AvgIpc) is 3.40. The van der Waals surface area contributed by atoms with Gasteiger partial charge in [-0.1, -0.05) is 66.2 Å². The van der Waals surface area contributed by atoms with Crippen molar-refractivity contribution in [2.24, 2.45) is 0 Å². The highest BCUT2D eigenvalue weighted by molar-refractivity contribution is 6.31. The van der Waals surface area contributed by atoms with E-state index in [4.69, 9.17) is 25.8 Å². The van der Waals surface area contributed by atoms with Crippen LogP contribution in [0, 0.1) is 0 Å². The number of hydrogen-bond acceptors (Lipinski definition) is 7. The number of halogens is 1. The van der Waals surface area contributed by atoms with E-state index in [0.29, 0.717) is 33.7 Å². The van der Waals surface area contributed by atoms with Gasteiger partial charge in [0.2, 0.25) is 5.95 Å². The summed E-state index contributed by atoms with van der Waals surface area (Å²) < 4.78 is 18.5. The lowest BCUT2D eigenvalue weighted by Gasteiger charge is -2.29. The largest absolute Gasteiger partial charge is 0.493 e. The number of rotatable bonds is 7. The van der Waals surface area contributed by atoms with Gasteiger partial charge >= 0.3 is 5.97 Å². The van der Waals surface area contributed by atoms with Gasteiger partial charge in [0, 0.05) is 10.6 Å². The Balaban J connectivity index is 1.58. The number of anilines is 1. The maximum atomic E-state index is 13.1. The molecule has 0 radical (unpaired) electrons. The Hall–Kier alpha value is -4.30. The molecular formula is C27H23ClN4O4. The maximum absolute atomic E-state index is 13.1. The van der Waals surface area contributed by atoms with Crippen LogP contribution in [0.25, 0.3) is 5.70 Å². The molecule has 0 saturated heterocycles. The SMILES string of the molecule is COC(=O)C1=C(c2ccccc2)Nc2ncnn2[C@@H]1c1ccc(OCc2ccccc2Cl)c(OC)c1. The molecular weight excluding hydrogens is 480 g/mol. The minimum Gasteiger partial charge on any atom is -0.493 e. The Morgan fingerprint density at radius 3 is 2.56 bits per heavy atom. The number of hydrogen-bond donors (Lipinski definition) is 1. The van der Waals surface area contributed by atoms with Crippen LogP contribution >= 0.6 is 11.6 Å². The van der Waals surface area contributed by atoms with Crippen molar-refractivity contribution in [3.8, 4) is 11.5 Å². The monoisotopic (exact) mass is 502 g/mol. The minimum atomic E-state index is -0.613. The molecule has 182 valence electrons. The van der Waals surface area contributed by atoms with E-state index in [1.807, 2.05) is 66.7 Å². The number of nitrogens with one attached hydrogen (secondary N) is 1. The van der Waals surface area contributed by atoms with E-state index in [1.165, 1.54) is 13.4 Å². The Labute approximate surface area is 213 Å². The van der Waals surface area contributed by atoms with Gasteiger partial charge < -0.3 is 19.5 Å². The van der Waals surface area contributed by atoms with Crippen LogP contribution in [0.15, 0.2) is 84.7 Å². The second kappa shape index (κ2) is 10.1. The lowest BCUT2D eigenvalue weighted by molar-refractivity contribution is -0.136. The second-order valence-electron chi connectivity index (χ2n) is 7.99. The zero-order chi connectivity index (χ0) is 25.1. The van der Waals surface area contributed by atoms with Crippen molar-refractivity contribution in [2.45, 2.75) is 12.6 Å². The summed E-state index contributed by atoms with van der Waals surface area (Å²) in [4.78, 5) is 17.5. The molecule has 1 aliphatic heterocycles. The van der Waals surface area contributed by atoms with Gasteiger partial charge in [-0.05, 0) is 29.3 Å². The highest BCUT2D eigenvalue weighted by Gasteiger charge is 2.36. The van der Waals surface area contributed by atoms with Crippen LogP contribution in [0.2, 0.25) is 5.02 Å². The first kappa shape index (κ1) is 23.4. The van der Waals surface area contributed by atoms with Crippen molar-refractivity contribution in [1.82, 2.24) is 14.8 Å². The third-order valence-electron chi connectivity index (χ3n) is 5.91. The summed E-state index contributed by atoms with van der Waals surface area (Å²) in [6.07, 6.45) is 1.44. The van der Waals surface area contributed by atoms with Crippen molar-refractivity contribution in [1.29, 1.82) is 0 Å². The molecule has 0 spiro atoms. The summed E-state index contributed by atoms with van der Waals surface area (Å²) in [6, 6.07) is 21.9. The zero-order valence-corrected chi connectivity index (χ0v) is 20.4. The fourth-order valence-electron chi connectivity index (χ4n) is 4.18. The molecule has 0 aliphatic carbocycles. The van der Waals surface area contributed by atoms with E-state index in [9.17, 15) is 4.79 Å². The number of esters is 1. The molecule has 1 aliphatic rings. The molecule has 3 aromatic carbocycles. The van der Waals surface area contributed by atoms with Gasteiger partial charge in [0.15, 0.2) is 11.5 Å². The number of ether oxygens (including phenoxy) is 3. The average molecular weight is 503 g/mol. The number of carbonyl (C=O) groups is 1. The van der Waals surface area contributed by atoms with E-state index >= 15 is 0 Å². The summed E-state index contributed by atoms with van der Waals surface area (Å²) in [5.74, 6) is 1.07. The van der Waals surface area contributed by atoms with Crippen molar-refractivity contribution in [3.05, 3.63) is 106 Å². The Bertz CT molecular complexity index is 1430. The van der Waals surface area contributed by atoms with E-state index < -0.39 is 12.0 Å². The summed E-state index contributed by atoms with van der Waals surface area (Å²) >= 11 is 6.27. The molecule has 4 aromatic rings. The molecule has 0 unspecified atom stereocenters. The van der Waals surface area contributed by atoms with E-state index in [-0.39, 0.29) is 6.61 Å². The predicted molar refractivity (Wildman–Crippen MR) is 136 cm³/mol. The van der Waals surface area contributed by atoms with Crippen LogP contribution in [0.3, 0.4) is 0 Å². The fourth-order valence-corrected chi connectivity index (χ4v) is 4.37. The van der Waals surface area contributed by atoms with Gasteiger partial charge in [0.05, 0.1) is 25.5 Å². The molecule has 2 heterocycles. The molecule has 8 nitrogen and oxygen atoms in total. The molecule has 1 atom stereocenters. The highest BCUT2D eigenvalue weighted by Crippen LogP contribution is 2.41. The van der Waals surface area contributed by atoms with Gasteiger partial charge in [-0.2, -0.15) is 10.1 Å². The van der Waals surface area contributed by atoms with Crippen molar-refractivity contribution in [3.63, 3.8) is 0 Å². The van der Waals surface area contributed by atoms with Crippen LogP contribution in [0.1, 0.15) is 22.7 Å². The smallest absolute Gasteiger partial charge is 0.338 e. The minimum absolute atomic E-state index is 0.279. The third kappa shape index (κ3) is 4.38. The first-order valence-corrected chi connectivity index (χ1v) is 11.6. The predicted octanol–water partition coefficient (Wildman–Crippen LogP) is 5.12. The lowest BCUT2D eigenvalue weighted by Crippen LogP contribution is -2.29. The Morgan fingerprint density at radius 1 is 1.03 bits per heavy atom. The molecule has 5 rings (SSSR count). The molecule has 0 saturated carbocycles. The van der Waals surface area contributed by atoms with E-state index in [2.05, 4.69) is 15.4 Å². The summed E-state index contributed by atoms with van der Waals surface area (Å²) in [7, 11) is 2.93. The van der Waals surface area contributed by atoms with Gasteiger partial charge in [-0.15, -0.1) is 0 Å². The van der Waals surface area contributed by atoms with Crippen LogP contribution < -0.4 is 14.8 Å². The first-order chi connectivity index (χ1) is 17.6. The molecule has 1 N–H and O–H groups in total. The summed E-state index contributed by atoms with van der Waals surface area (Å²) in [6.45, 7) is 0.279. The molecule has 36 heavy (non-hydrogen) atoms. The molecule has 1 aromatic heterocycles. The number of methoxy groups -OCH3 is 2. The molecule has 0 bridgehead atoms. The standard InChI is InChI=1S/C27H23ClN4O4/c1-34-22-14-18(12-13-21(22)36-15-19-10-6-7-11-20(19)28)25-23(26(33)35-2)24(17-8-4-3-5-9-17)31-27-29-16-30-32(25)27/h3-14,16,25H,15H2,1-2H3,(H,29,30,31)/t25-/m1/s1. The van der Waals surface area contributed by atoms with Gasteiger partial charge in [-0.3, -0.25) is 0 Å². The van der Waals surface area contributed by atoms with Crippen LogP contribution in [-0.2, 0) is 16.1 Å². The van der Waals surface area contributed by atoms with Crippen molar-refractivity contribution < 1.29 is 19.0 Å². The van der Waals surface area contributed by atoms with Crippen molar-refractivity contribution >= 4 is 29.2 Å². The van der Waals surface area contributed by atoms with Gasteiger partial charge in [0.25, 0.3) is 0 Å². The summed E-state index contributed by atoms with van der Waals surface area (Å²) in [5, 5.41) is 8.26. The normalized spacial score (nSPS) is 14.6. The van der Waals surface area contributed by atoms with Crippen LogP contribution in [0.5, 0.6) is 11.5 Å². The topological polar surface area (TPSA) is 87.5 Å². The number of nitrogens with zero attached hydrogens (tertiary/aromatic N) is 3. The third-order valence-corrected chi connectivity index (χ3v) is 6.28. The number of carbonyl (C=O) groups excluding carboxylic acids is 1. The highest BCUT2D eigenvalue weighted by atomic mass is 35.5. The zero-order valence-electron chi connectivity index (χ0n) is 19.6. The number of aromatic nitrogens is 3. The van der Waals surface area contributed by atoms with E-state index in [1.54, 1.807) is 17.9 Å². The molecule has 0 amide bonds. The second-order valence-corrected chi connectivity index (χ2v) is 8.40. The van der Waals surface area contributed by atoms with Gasteiger partial charge in [0.1, 0.15) is 19.0 Å². The number of benzene rings is 3. The molecule has 0 fully saturated rings. The van der Waals surface area contributed by atoms with Gasteiger partial charge in [-0.25, -0.2) is 9.48 Å². The fraction of sp³-hybridized carbons (Fsp3) is 0.148. The van der Waals surface area contributed by atoms with Crippen LogP contribution in [0.4, 0.5) is 5.95 Å². The Morgan fingerprint density at radius 2 is 1.81 bits per heavy atom. The van der Waals surface area contributed by atoms with Crippen LogP contribution in [-0.4, -0.2) is 35.0 Å². The summed E-state index contributed by atoms with van der Waals surface area (Å²) in [5.41, 5.74) is 3.43. The number of fused-ring (bicyclic) bond motifs is 1. The Kier molecular flexibility index (Phi) is 6.60. The van der Waals surface area contributed by atoms with E-state index in [0.717, 1.165) is 16.7 Å². The quantitative estimate of drug-likeness (QED) is 0.351. The maximum Gasteiger partial charge on any atom is 0.338 e.